The van der Waals surface area contributed by atoms with Crippen LogP contribution in [0.1, 0.15) is 37.6 Å². The summed E-state index contributed by atoms with van der Waals surface area (Å²) in [7, 11) is 1.33. The number of amides is 1. The molecule has 2 heterocycles. The van der Waals surface area contributed by atoms with Gasteiger partial charge in [0.2, 0.25) is 5.55 Å². The third-order valence-corrected chi connectivity index (χ3v) is 6.21. The molecule has 0 saturated heterocycles. The van der Waals surface area contributed by atoms with Crippen LogP contribution in [0.5, 0.6) is 0 Å². The number of thiophene rings is 1. The van der Waals surface area contributed by atoms with E-state index in [0.29, 0.717) is 21.5 Å². The fraction of sp³-hybridized carbons (Fsp3) is 0.211. The first kappa shape index (κ1) is 17.9. The Labute approximate surface area is 166 Å². The van der Waals surface area contributed by atoms with E-state index in [0.717, 1.165) is 34.2 Å². The van der Waals surface area contributed by atoms with Crippen molar-refractivity contribution in [3.8, 4) is 0 Å². The standard InChI is InChI=1S/C19H15BrN2O4S/c1-25-19(24)15-11-3-2-4-14(11)27-18(15)22-17(23)12-8-9-7-10(20)5-6-13(9)26-16(12)21/h5-8,21H,2-4H2,1H3,(H,22,23). The Morgan fingerprint density at radius 3 is 2.89 bits per heavy atom. The van der Waals surface area contributed by atoms with Crippen molar-refractivity contribution < 1.29 is 18.7 Å². The number of benzene rings is 1. The lowest BCUT2D eigenvalue weighted by Crippen LogP contribution is -2.21. The summed E-state index contributed by atoms with van der Waals surface area (Å²) >= 11 is 4.78. The molecule has 2 aromatic heterocycles. The number of nitrogens with one attached hydrogen (secondary N) is 2. The van der Waals surface area contributed by atoms with Gasteiger partial charge in [-0.1, -0.05) is 15.9 Å². The highest BCUT2D eigenvalue weighted by atomic mass is 79.9. The molecule has 0 radical (unpaired) electrons. The quantitative estimate of drug-likeness (QED) is 0.587. The van der Waals surface area contributed by atoms with Crippen molar-refractivity contribution in [2.45, 2.75) is 19.3 Å². The zero-order valence-corrected chi connectivity index (χ0v) is 16.8. The number of halogens is 1. The molecule has 8 heteroatoms. The fourth-order valence-electron chi connectivity index (χ4n) is 3.26. The number of esters is 1. The van der Waals surface area contributed by atoms with Crippen LogP contribution in [0.4, 0.5) is 5.00 Å². The van der Waals surface area contributed by atoms with Crippen LogP contribution in [0.15, 0.2) is 33.2 Å². The number of anilines is 1. The number of hydrogen-bond acceptors (Lipinski definition) is 6. The van der Waals surface area contributed by atoms with E-state index in [9.17, 15) is 9.59 Å². The highest BCUT2D eigenvalue weighted by Gasteiger charge is 2.28. The molecule has 2 N–H and O–H groups in total. The molecule has 0 saturated carbocycles. The summed E-state index contributed by atoms with van der Waals surface area (Å²) < 4.78 is 11.2. The summed E-state index contributed by atoms with van der Waals surface area (Å²) in [5, 5.41) is 12.0. The van der Waals surface area contributed by atoms with Crippen molar-refractivity contribution in [3.63, 3.8) is 0 Å². The first-order valence-electron chi connectivity index (χ1n) is 8.30. The number of carbonyl (C=O) groups excluding carboxylic acids is 2. The average molecular weight is 447 g/mol. The van der Waals surface area contributed by atoms with E-state index in [2.05, 4.69) is 21.2 Å². The van der Waals surface area contributed by atoms with Gasteiger partial charge in [-0.2, -0.15) is 0 Å². The van der Waals surface area contributed by atoms with Gasteiger partial charge in [0.05, 0.1) is 12.7 Å². The number of ether oxygens (including phenoxy) is 1. The predicted octanol–water partition coefficient (Wildman–Crippen LogP) is 4.26. The van der Waals surface area contributed by atoms with Crippen LogP contribution in [0.25, 0.3) is 11.0 Å². The third-order valence-electron chi connectivity index (χ3n) is 4.51. The zero-order valence-electron chi connectivity index (χ0n) is 14.3. The van der Waals surface area contributed by atoms with Gasteiger partial charge in [0.25, 0.3) is 5.91 Å². The lowest BCUT2D eigenvalue weighted by Gasteiger charge is -2.08. The maximum Gasteiger partial charge on any atom is 0.341 e. The Bertz CT molecular complexity index is 1150. The largest absolute Gasteiger partial charge is 0.465 e. The molecule has 6 nitrogen and oxygen atoms in total. The van der Waals surface area contributed by atoms with Crippen LogP contribution < -0.4 is 10.9 Å². The lowest BCUT2D eigenvalue weighted by atomic mass is 10.1. The van der Waals surface area contributed by atoms with Crippen LogP contribution >= 0.6 is 27.3 Å². The monoisotopic (exact) mass is 446 g/mol. The van der Waals surface area contributed by atoms with Crippen LogP contribution in [0, 0.1) is 5.41 Å². The summed E-state index contributed by atoms with van der Waals surface area (Å²) in [6.45, 7) is 0. The molecule has 1 amide bonds. The van der Waals surface area contributed by atoms with E-state index < -0.39 is 11.9 Å². The molecule has 0 unspecified atom stereocenters. The summed E-state index contributed by atoms with van der Waals surface area (Å²) in [6, 6.07) is 6.97. The molecule has 1 aliphatic carbocycles. The molecule has 1 aliphatic rings. The zero-order chi connectivity index (χ0) is 19.1. The minimum atomic E-state index is -0.490. The first-order valence-corrected chi connectivity index (χ1v) is 9.91. The Hall–Kier alpha value is -2.45. The van der Waals surface area contributed by atoms with Crippen molar-refractivity contribution in [1.82, 2.24) is 0 Å². The number of aryl methyl sites for hydroxylation is 1. The molecule has 3 aromatic rings. The number of rotatable bonds is 3. The Morgan fingerprint density at radius 1 is 1.30 bits per heavy atom. The maximum atomic E-state index is 12.8. The Balaban J connectivity index is 1.73. The maximum absolute atomic E-state index is 12.8. The topological polar surface area (TPSA) is 92.4 Å². The normalized spacial score (nSPS) is 12.8. The molecular weight excluding hydrogens is 432 g/mol. The van der Waals surface area contributed by atoms with Crippen LogP contribution in [0.3, 0.4) is 0 Å². The molecule has 27 heavy (non-hydrogen) atoms. The van der Waals surface area contributed by atoms with Gasteiger partial charge < -0.3 is 14.5 Å². The smallest absolute Gasteiger partial charge is 0.341 e. The Morgan fingerprint density at radius 2 is 2.11 bits per heavy atom. The van der Waals surface area contributed by atoms with Gasteiger partial charge in [0.1, 0.15) is 16.1 Å². The van der Waals surface area contributed by atoms with Crippen molar-refractivity contribution in [2.75, 3.05) is 12.4 Å². The second-order valence-electron chi connectivity index (χ2n) is 6.18. The molecule has 0 bridgehead atoms. The lowest BCUT2D eigenvalue weighted by molar-refractivity contribution is 0.0601. The minimum Gasteiger partial charge on any atom is -0.465 e. The molecular formula is C19H15BrN2O4S. The van der Waals surface area contributed by atoms with Gasteiger partial charge in [-0.05, 0) is 49.1 Å². The minimum absolute atomic E-state index is 0.102. The van der Waals surface area contributed by atoms with Gasteiger partial charge in [-0.15, -0.1) is 11.3 Å². The average Bonchev–Trinajstić information content (AvgIpc) is 3.21. The molecule has 0 fully saturated rings. The van der Waals surface area contributed by atoms with Crippen molar-refractivity contribution in [2.24, 2.45) is 0 Å². The first-order chi connectivity index (χ1) is 13.0. The van der Waals surface area contributed by atoms with Crippen molar-refractivity contribution >= 4 is 55.1 Å². The molecule has 1 aromatic carbocycles. The van der Waals surface area contributed by atoms with Crippen LogP contribution in [-0.2, 0) is 17.6 Å². The van der Waals surface area contributed by atoms with Crippen LogP contribution in [0.2, 0.25) is 0 Å². The van der Waals surface area contributed by atoms with Gasteiger partial charge in [-0.3, -0.25) is 10.2 Å². The fourth-order valence-corrected chi connectivity index (χ4v) is 4.91. The van der Waals surface area contributed by atoms with Crippen molar-refractivity contribution in [1.29, 1.82) is 5.41 Å². The summed E-state index contributed by atoms with van der Waals surface area (Å²) in [5.41, 5.74) is 1.77. The molecule has 0 atom stereocenters. The van der Waals surface area contributed by atoms with E-state index in [4.69, 9.17) is 14.6 Å². The van der Waals surface area contributed by atoms with Gasteiger partial charge >= 0.3 is 5.97 Å². The van der Waals surface area contributed by atoms with E-state index in [1.807, 2.05) is 6.07 Å². The second-order valence-corrected chi connectivity index (χ2v) is 8.20. The summed E-state index contributed by atoms with van der Waals surface area (Å²) in [4.78, 5) is 26.1. The SMILES string of the molecule is COC(=O)c1c(NC(=O)c2cc3cc(Br)ccc3oc2=N)sc2c1CCC2. The molecule has 0 spiro atoms. The van der Waals surface area contributed by atoms with Gasteiger partial charge in [0, 0.05) is 14.7 Å². The number of hydrogen-bond donors (Lipinski definition) is 2. The van der Waals surface area contributed by atoms with Crippen molar-refractivity contribution in [3.05, 3.63) is 55.9 Å². The van der Waals surface area contributed by atoms with E-state index >= 15 is 0 Å². The predicted molar refractivity (Wildman–Crippen MR) is 105 cm³/mol. The Kier molecular flexibility index (Phi) is 4.61. The van der Waals surface area contributed by atoms with Gasteiger partial charge in [-0.25, -0.2) is 4.79 Å². The molecule has 0 aliphatic heterocycles. The van der Waals surface area contributed by atoms with Crippen LogP contribution in [-0.4, -0.2) is 19.0 Å². The van der Waals surface area contributed by atoms with Gasteiger partial charge in [0.15, 0.2) is 0 Å². The highest BCUT2D eigenvalue weighted by molar-refractivity contribution is 9.10. The second kappa shape index (κ2) is 6.94. The number of carbonyl (C=O) groups is 2. The van der Waals surface area contributed by atoms with E-state index in [1.165, 1.54) is 18.4 Å². The number of methoxy groups -OCH3 is 1. The summed E-state index contributed by atoms with van der Waals surface area (Å²) in [6.07, 6.45) is 2.69. The van der Waals surface area contributed by atoms with E-state index in [1.54, 1.807) is 18.2 Å². The number of fused-ring (bicyclic) bond motifs is 2. The molecule has 4 rings (SSSR count). The summed E-state index contributed by atoms with van der Waals surface area (Å²) in [5.74, 6) is -0.946. The third kappa shape index (κ3) is 3.19. The molecule has 138 valence electrons. The van der Waals surface area contributed by atoms with E-state index in [-0.39, 0.29) is 11.1 Å². The highest BCUT2D eigenvalue weighted by Crippen LogP contribution is 2.39.